The number of halogens is 1. The maximum atomic E-state index is 12.2. The Morgan fingerprint density at radius 2 is 2.07 bits per heavy atom. The van der Waals surface area contributed by atoms with Crippen molar-refractivity contribution in [1.29, 1.82) is 0 Å². The number of piperidine rings is 1. The van der Waals surface area contributed by atoms with E-state index in [0.717, 1.165) is 37.9 Å². The smallest absolute Gasteiger partial charge is 0.246 e. The van der Waals surface area contributed by atoms with Crippen LogP contribution >= 0.6 is 11.6 Å². The number of amides is 1. The minimum Gasteiger partial charge on any atom is -0.508 e. The van der Waals surface area contributed by atoms with Crippen LogP contribution in [0.5, 0.6) is 5.75 Å². The summed E-state index contributed by atoms with van der Waals surface area (Å²) in [4.78, 5) is 14.4. The Morgan fingerprint density at radius 3 is 2.89 bits per heavy atom. The highest BCUT2D eigenvalue weighted by Crippen LogP contribution is 2.24. The third-order valence-electron chi connectivity index (χ3n) is 4.92. The van der Waals surface area contributed by atoms with E-state index in [0.29, 0.717) is 18.2 Å². The normalized spacial score (nSPS) is 17.4. The number of hydrogen-bond acceptors (Lipinski definition) is 4. The standard InChI is InChI=1S/C22H27ClN2O3/c23-19-8-9-21(26)18(13-19)14-25-11-4-7-20(15-25)24-22(27)16-28-12-10-17-5-2-1-3-6-17/h1-3,5-6,8-9,13,20,26H,4,7,10-12,14-16H2,(H,24,27)/t20-/m0/s1. The summed E-state index contributed by atoms with van der Waals surface area (Å²) in [5.74, 6) is 0.174. The molecule has 1 heterocycles. The topological polar surface area (TPSA) is 61.8 Å². The van der Waals surface area contributed by atoms with E-state index >= 15 is 0 Å². The Hall–Kier alpha value is -2.08. The average molecular weight is 403 g/mol. The zero-order valence-electron chi connectivity index (χ0n) is 15.9. The molecular formula is C22H27ClN2O3. The number of likely N-dealkylation sites (tertiary alicyclic amines) is 1. The largest absolute Gasteiger partial charge is 0.508 e. The van der Waals surface area contributed by atoms with Crippen LogP contribution in [0.15, 0.2) is 48.5 Å². The monoisotopic (exact) mass is 402 g/mol. The summed E-state index contributed by atoms with van der Waals surface area (Å²) in [5.41, 5.74) is 2.01. The van der Waals surface area contributed by atoms with Crippen LogP contribution in [-0.2, 0) is 22.5 Å². The van der Waals surface area contributed by atoms with Crippen LogP contribution < -0.4 is 5.32 Å². The number of carbonyl (C=O) groups is 1. The van der Waals surface area contributed by atoms with E-state index in [2.05, 4.69) is 22.3 Å². The Balaban J connectivity index is 1.39. The fourth-order valence-corrected chi connectivity index (χ4v) is 3.70. The van der Waals surface area contributed by atoms with Crippen LogP contribution in [0, 0.1) is 0 Å². The van der Waals surface area contributed by atoms with Gasteiger partial charge in [0.1, 0.15) is 12.4 Å². The first kappa shape index (κ1) is 20.6. The van der Waals surface area contributed by atoms with Crippen molar-refractivity contribution in [2.75, 3.05) is 26.3 Å². The SMILES string of the molecule is O=C(COCCc1ccccc1)N[C@H]1CCCN(Cc2cc(Cl)ccc2O)C1. The van der Waals surface area contributed by atoms with Crippen LogP contribution in [0.3, 0.4) is 0 Å². The average Bonchev–Trinajstić information content (AvgIpc) is 2.69. The first-order valence-electron chi connectivity index (χ1n) is 9.71. The van der Waals surface area contributed by atoms with Crippen LogP contribution in [0.1, 0.15) is 24.0 Å². The quantitative estimate of drug-likeness (QED) is 0.664. The van der Waals surface area contributed by atoms with Gasteiger partial charge in [-0.05, 0) is 49.6 Å². The molecule has 0 radical (unpaired) electrons. The summed E-state index contributed by atoms with van der Waals surface area (Å²) < 4.78 is 5.52. The molecule has 5 nitrogen and oxygen atoms in total. The molecule has 0 spiro atoms. The number of phenolic OH excluding ortho intramolecular Hbond substituents is 1. The summed E-state index contributed by atoms with van der Waals surface area (Å²) in [5, 5.41) is 13.7. The van der Waals surface area contributed by atoms with Gasteiger partial charge in [-0.15, -0.1) is 0 Å². The van der Waals surface area contributed by atoms with Crippen LogP contribution in [-0.4, -0.2) is 48.3 Å². The molecule has 2 aromatic carbocycles. The van der Waals surface area contributed by atoms with Crippen molar-refractivity contribution in [2.24, 2.45) is 0 Å². The lowest BCUT2D eigenvalue weighted by molar-refractivity contribution is -0.126. The summed E-state index contributed by atoms with van der Waals surface area (Å²) in [6, 6.07) is 15.3. The van der Waals surface area contributed by atoms with E-state index in [1.54, 1.807) is 18.2 Å². The van der Waals surface area contributed by atoms with E-state index in [1.165, 1.54) is 5.56 Å². The highest BCUT2D eigenvalue weighted by molar-refractivity contribution is 6.30. The van der Waals surface area contributed by atoms with Gasteiger partial charge in [0, 0.05) is 29.7 Å². The lowest BCUT2D eigenvalue weighted by Crippen LogP contribution is -2.48. The first-order valence-corrected chi connectivity index (χ1v) is 10.1. The van der Waals surface area contributed by atoms with Crippen molar-refractivity contribution >= 4 is 17.5 Å². The van der Waals surface area contributed by atoms with Crippen LogP contribution in [0.25, 0.3) is 0 Å². The van der Waals surface area contributed by atoms with Gasteiger partial charge in [0.2, 0.25) is 5.91 Å². The molecule has 1 amide bonds. The molecule has 1 atom stereocenters. The number of nitrogens with one attached hydrogen (secondary N) is 1. The van der Waals surface area contributed by atoms with Crippen LogP contribution in [0.2, 0.25) is 5.02 Å². The molecule has 1 fully saturated rings. The molecule has 0 saturated carbocycles. The molecule has 0 unspecified atom stereocenters. The molecule has 1 aliphatic rings. The van der Waals surface area contributed by atoms with Gasteiger partial charge in [0.05, 0.1) is 6.61 Å². The third kappa shape index (κ3) is 6.51. The zero-order valence-corrected chi connectivity index (χ0v) is 16.7. The third-order valence-corrected chi connectivity index (χ3v) is 5.15. The van der Waals surface area contributed by atoms with Gasteiger partial charge in [0.15, 0.2) is 0 Å². The number of benzene rings is 2. The van der Waals surface area contributed by atoms with E-state index in [-0.39, 0.29) is 24.3 Å². The van der Waals surface area contributed by atoms with E-state index in [1.807, 2.05) is 18.2 Å². The van der Waals surface area contributed by atoms with Crippen molar-refractivity contribution in [3.63, 3.8) is 0 Å². The minimum atomic E-state index is -0.0782. The summed E-state index contributed by atoms with van der Waals surface area (Å²) in [7, 11) is 0. The van der Waals surface area contributed by atoms with Gasteiger partial charge in [-0.1, -0.05) is 41.9 Å². The van der Waals surface area contributed by atoms with Crippen molar-refractivity contribution in [3.8, 4) is 5.75 Å². The molecule has 2 aromatic rings. The second-order valence-corrected chi connectivity index (χ2v) is 7.64. The Bertz CT molecular complexity index is 770. The van der Waals surface area contributed by atoms with E-state index < -0.39 is 0 Å². The molecule has 3 rings (SSSR count). The number of aromatic hydroxyl groups is 1. The zero-order chi connectivity index (χ0) is 19.8. The van der Waals surface area contributed by atoms with Gasteiger partial charge >= 0.3 is 0 Å². The molecule has 28 heavy (non-hydrogen) atoms. The van der Waals surface area contributed by atoms with E-state index in [9.17, 15) is 9.90 Å². The number of phenols is 1. The molecule has 0 bridgehead atoms. The number of hydrogen-bond donors (Lipinski definition) is 2. The number of ether oxygens (including phenoxy) is 1. The molecule has 2 N–H and O–H groups in total. The second-order valence-electron chi connectivity index (χ2n) is 7.20. The Morgan fingerprint density at radius 1 is 1.25 bits per heavy atom. The Kier molecular flexibility index (Phi) is 7.71. The van der Waals surface area contributed by atoms with Gasteiger partial charge < -0.3 is 15.2 Å². The van der Waals surface area contributed by atoms with Gasteiger partial charge in [-0.25, -0.2) is 0 Å². The minimum absolute atomic E-state index is 0.0782. The van der Waals surface area contributed by atoms with Crippen molar-refractivity contribution in [3.05, 3.63) is 64.7 Å². The molecule has 6 heteroatoms. The van der Waals surface area contributed by atoms with Gasteiger partial charge in [0.25, 0.3) is 0 Å². The van der Waals surface area contributed by atoms with Gasteiger partial charge in [-0.2, -0.15) is 0 Å². The molecule has 0 aromatic heterocycles. The summed E-state index contributed by atoms with van der Waals surface area (Å²) >= 11 is 6.03. The highest BCUT2D eigenvalue weighted by Gasteiger charge is 2.22. The summed E-state index contributed by atoms with van der Waals surface area (Å²) in [6.45, 7) is 2.92. The lowest BCUT2D eigenvalue weighted by atomic mass is 10.0. The van der Waals surface area contributed by atoms with Crippen LogP contribution in [0.4, 0.5) is 0 Å². The maximum absolute atomic E-state index is 12.2. The van der Waals surface area contributed by atoms with Crippen molar-refractivity contribution < 1.29 is 14.6 Å². The predicted molar refractivity (Wildman–Crippen MR) is 111 cm³/mol. The predicted octanol–water partition coefficient (Wildman–Crippen LogP) is 3.39. The summed E-state index contributed by atoms with van der Waals surface area (Å²) in [6.07, 6.45) is 2.75. The number of carbonyl (C=O) groups excluding carboxylic acids is 1. The highest BCUT2D eigenvalue weighted by atomic mass is 35.5. The second kappa shape index (κ2) is 10.5. The molecule has 1 saturated heterocycles. The van der Waals surface area contributed by atoms with E-state index in [4.69, 9.17) is 16.3 Å². The molecule has 1 aliphatic heterocycles. The maximum Gasteiger partial charge on any atom is 0.246 e. The molecular weight excluding hydrogens is 376 g/mol. The Labute approximate surface area is 171 Å². The number of nitrogens with zero attached hydrogens (tertiary/aromatic N) is 1. The lowest BCUT2D eigenvalue weighted by Gasteiger charge is -2.33. The fourth-order valence-electron chi connectivity index (χ4n) is 3.51. The molecule has 150 valence electrons. The van der Waals surface area contributed by atoms with Gasteiger partial charge in [-0.3, -0.25) is 9.69 Å². The molecule has 0 aliphatic carbocycles. The van der Waals surface area contributed by atoms with Crippen molar-refractivity contribution in [1.82, 2.24) is 10.2 Å². The number of rotatable bonds is 8. The van der Waals surface area contributed by atoms with Crippen molar-refractivity contribution in [2.45, 2.75) is 31.8 Å². The fraction of sp³-hybridized carbons (Fsp3) is 0.409. The first-order chi connectivity index (χ1) is 13.6.